The van der Waals surface area contributed by atoms with Crippen molar-refractivity contribution in [3.63, 3.8) is 0 Å². The quantitative estimate of drug-likeness (QED) is 0.240. The van der Waals surface area contributed by atoms with Gasteiger partial charge >= 0.3 is 35.5 Å². The van der Waals surface area contributed by atoms with Crippen molar-refractivity contribution in [2.24, 2.45) is 5.92 Å². The van der Waals surface area contributed by atoms with E-state index in [1.165, 1.54) is 23.5 Å². The fraction of sp³-hybridized carbons (Fsp3) is 0.241. The standard InChI is InChI=1S/C29H26FNO5S.Na.H/c1-16-11-20(30)12-17(2)25(16)27(33)28-26(23-8-5-21(32)13-24(23)37-28)18-3-6-22(7-4-18)36-10-9-31-14-19(15-31)29(34)35;;/h3-8,11-13,19,32H,9-10,14-15H2,1-2H3,(H,34,35);;. The van der Waals surface area contributed by atoms with Gasteiger partial charge in [0.1, 0.15) is 23.9 Å². The molecule has 3 aromatic carbocycles. The molecule has 0 radical (unpaired) electrons. The summed E-state index contributed by atoms with van der Waals surface area (Å²) in [4.78, 5) is 27.3. The van der Waals surface area contributed by atoms with E-state index in [2.05, 4.69) is 0 Å². The van der Waals surface area contributed by atoms with E-state index in [9.17, 15) is 19.1 Å². The number of thiophene rings is 1. The molecule has 9 heteroatoms. The summed E-state index contributed by atoms with van der Waals surface area (Å²) in [6.45, 7) is 5.65. The number of carboxylic acid groups (broad SMARTS) is 1. The third-order valence-corrected chi connectivity index (χ3v) is 7.88. The summed E-state index contributed by atoms with van der Waals surface area (Å²) in [5.41, 5.74) is 3.23. The van der Waals surface area contributed by atoms with Gasteiger partial charge in [0, 0.05) is 40.8 Å². The van der Waals surface area contributed by atoms with Crippen molar-refractivity contribution in [1.82, 2.24) is 4.90 Å². The van der Waals surface area contributed by atoms with E-state index in [1.807, 2.05) is 29.2 Å². The molecule has 0 saturated carbocycles. The normalized spacial score (nSPS) is 13.7. The van der Waals surface area contributed by atoms with E-state index in [1.54, 1.807) is 32.0 Å². The van der Waals surface area contributed by atoms with E-state index in [-0.39, 0.29) is 52.8 Å². The van der Waals surface area contributed by atoms with E-state index in [4.69, 9.17) is 9.84 Å². The zero-order chi connectivity index (χ0) is 26.3. The van der Waals surface area contributed by atoms with Gasteiger partial charge in [-0.1, -0.05) is 12.1 Å². The van der Waals surface area contributed by atoms with Crippen molar-refractivity contribution in [3.05, 3.63) is 82.0 Å². The number of aryl methyl sites for hydroxylation is 2. The number of aliphatic carboxylic acids is 1. The molecule has 6 nitrogen and oxygen atoms in total. The molecule has 38 heavy (non-hydrogen) atoms. The molecule has 192 valence electrons. The molecule has 0 bridgehead atoms. The second-order valence-electron chi connectivity index (χ2n) is 9.40. The van der Waals surface area contributed by atoms with E-state index < -0.39 is 5.97 Å². The van der Waals surface area contributed by atoms with Gasteiger partial charge in [0.2, 0.25) is 5.78 Å². The van der Waals surface area contributed by atoms with Crippen LogP contribution in [0, 0.1) is 25.6 Å². The summed E-state index contributed by atoms with van der Waals surface area (Å²) in [5.74, 6) is -0.810. The number of ether oxygens (including phenoxy) is 1. The van der Waals surface area contributed by atoms with Gasteiger partial charge in [-0.2, -0.15) is 0 Å². The van der Waals surface area contributed by atoms with Gasteiger partial charge in [-0.15, -0.1) is 11.3 Å². The van der Waals surface area contributed by atoms with Gasteiger partial charge in [0.05, 0.1) is 10.8 Å². The molecule has 1 aliphatic heterocycles. The van der Waals surface area contributed by atoms with Crippen LogP contribution < -0.4 is 4.74 Å². The summed E-state index contributed by atoms with van der Waals surface area (Å²) in [5, 5.41) is 19.9. The number of aromatic hydroxyl groups is 1. The van der Waals surface area contributed by atoms with E-state index >= 15 is 0 Å². The number of fused-ring (bicyclic) bond motifs is 1. The minimum absolute atomic E-state index is 0. The number of phenols is 1. The first-order valence-electron chi connectivity index (χ1n) is 12.0. The molecule has 2 heterocycles. The Hall–Kier alpha value is -2.75. The molecule has 2 N–H and O–H groups in total. The first kappa shape index (κ1) is 28.3. The Kier molecular flexibility index (Phi) is 8.59. The number of phenolic OH excluding ortho intramolecular Hbond substituents is 1. The van der Waals surface area contributed by atoms with Gasteiger partial charge in [0.15, 0.2) is 0 Å². The summed E-state index contributed by atoms with van der Waals surface area (Å²) < 4.78 is 20.5. The maximum absolute atomic E-state index is 13.9. The van der Waals surface area contributed by atoms with E-state index in [0.29, 0.717) is 53.6 Å². The average Bonchev–Trinajstić information content (AvgIpc) is 3.18. The van der Waals surface area contributed by atoms with Gasteiger partial charge < -0.3 is 14.9 Å². The first-order chi connectivity index (χ1) is 17.7. The zero-order valence-electron chi connectivity index (χ0n) is 20.5. The Morgan fingerprint density at radius 1 is 1.05 bits per heavy atom. The molecule has 0 spiro atoms. The minimum atomic E-state index is -0.758. The molecule has 4 aromatic rings. The number of nitrogens with zero attached hydrogens (tertiary/aromatic N) is 1. The number of rotatable bonds is 8. The molecule has 0 aliphatic carbocycles. The summed E-state index contributed by atoms with van der Waals surface area (Å²) in [7, 11) is 0. The number of hydrogen-bond acceptors (Lipinski definition) is 6. The number of likely N-dealkylation sites (tertiary alicyclic amines) is 1. The summed E-state index contributed by atoms with van der Waals surface area (Å²) >= 11 is 1.31. The van der Waals surface area contributed by atoms with Crippen LogP contribution in [-0.2, 0) is 4.79 Å². The Labute approximate surface area is 246 Å². The van der Waals surface area contributed by atoms with Crippen molar-refractivity contribution in [2.45, 2.75) is 13.8 Å². The number of benzene rings is 3. The molecule has 1 aliphatic rings. The second kappa shape index (κ2) is 11.6. The van der Waals surface area contributed by atoms with Crippen molar-refractivity contribution >= 4 is 62.7 Å². The molecule has 1 saturated heterocycles. The van der Waals surface area contributed by atoms with Crippen LogP contribution in [0.4, 0.5) is 4.39 Å². The predicted molar refractivity (Wildman–Crippen MR) is 148 cm³/mol. The Bertz CT molecular complexity index is 1490. The van der Waals surface area contributed by atoms with E-state index in [0.717, 1.165) is 21.2 Å². The van der Waals surface area contributed by atoms with Crippen molar-refractivity contribution < 1.29 is 28.9 Å². The van der Waals surface area contributed by atoms with Gasteiger partial charge in [-0.25, -0.2) is 4.39 Å². The van der Waals surface area contributed by atoms with Crippen LogP contribution >= 0.6 is 11.3 Å². The number of hydrogen-bond donors (Lipinski definition) is 2. The fourth-order valence-electron chi connectivity index (χ4n) is 4.83. The van der Waals surface area contributed by atoms with Crippen molar-refractivity contribution in [1.29, 1.82) is 0 Å². The van der Waals surface area contributed by atoms with Crippen LogP contribution in [0.25, 0.3) is 21.2 Å². The number of carbonyl (C=O) groups excluding carboxylic acids is 1. The predicted octanol–water partition coefficient (Wildman–Crippen LogP) is 5.01. The summed E-state index contributed by atoms with van der Waals surface area (Å²) in [6, 6.07) is 15.3. The van der Waals surface area contributed by atoms with Gasteiger partial charge in [-0.05, 0) is 73.0 Å². The molecular formula is C29H27FNNaO5S. The molecule has 0 amide bonds. The molecule has 1 fully saturated rings. The Balaban J connectivity index is 0.00000336. The van der Waals surface area contributed by atoms with Crippen molar-refractivity contribution in [3.8, 4) is 22.6 Å². The van der Waals surface area contributed by atoms with Gasteiger partial charge in [-0.3, -0.25) is 14.5 Å². The number of carboxylic acids is 1. The molecule has 0 atom stereocenters. The van der Waals surface area contributed by atoms with Crippen LogP contribution in [0.5, 0.6) is 11.5 Å². The molecular weight excluding hydrogens is 516 g/mol. The van der Waals surface area contributed by atoms with Crippen molar-refractivity contribution in [2.75, 3.05) is 26.2 Å². The van der Waals surface area contributed by atoms with Crippen LogP contribution in [0.2, 0.25) is 0 Å². The van der Waals surface area contributed by atoms with Crippen LogP contribution in [0.3, 0.4) is 0 Å². The fourth-order valence-corrected chi connectivity index (χ4v) is 6.04. The monoisotopic (exact) mass is 543 g/mol. The third-order valence-electron chi connectivity index (χ3n) is 6.73. The molecule has 1 aromatic heterocycles. The van der Waals surface area contributed by atoms with Gasteiger partial charge in [0.25, 0.3) is 0 Å². The third kappa shape index (κ3) is 5.65. The molecule has 0 unspecified atom stereocenters. The second-order valence-corrected chi connectivity index (χ2v) is 10.5. The van der Waals surface area contributed by atoms with Crippen LogP contribution in [0.1, 0.15) is 26.4 Å². The number of carbonyl (C=O) groups is 2. The van der Waals surface area contributed by atoms with Crippen LogP contribution in [0.15, 0.2) is 54.6 Å². The Morgan fingerprint density at radius 3 is 2.34 bits per heavy atom. The average molecular weight is 544 g/mol. The topological polar surface area (TPSA) is 87.1 Å². The van der Waals surface area contributed by atoms with Crippen LogP contribution in [-0.4, -0.2) is 82.7 Å². The first-order valence-corrected chi connectivity index (χ1v) is 12.8. The number of halogens is 1. The molecule has 5 rings (SSSR count). The zero-order valence-corrected chi connectivity index (χ0v) is 21.3. The number of ketones is 1. The SMILES string of the molecule is Cc1cc(F)cc(C)c1C(=O)c1sc2cc(O)ccc2c1-c1ccc(OCCN2CC(C(=O)O)C2)cc1.[NaH]. The maximum atomic E-state index is 13.9. The Morgan fingerprint density at radius 2 is 1.71 bits per heavy atom. The summed E-state index contributed by atoms with van der Waals surface area (Å²) in [6.07, 6.45) is 0.